The van der Waals surface area contributed by atoms with Gasteiger partial charge in [-0.25, -0.2) is 4.98 Å². The summed E-state index contributed by atoms with van der Waals surface area (Å²) in [6.45, 7) is 10.8. The van der Waals surface area contributed by atoms with Gasteiger partial charge in [0.15, 0.2) is 0 Å². The van der Waals surface area contributed by atoms with Crippen molar-refractivity contribution < 1.29 is 29.3 Å². The number of ketones is 1. The lowest BCUT2D eigenvalue weighted by Crippen LogP contribution is -2.45. The number of esters is 1. The Morgan fingerprint density at radius 1 is 1.14 bits per heavy atom. The predicted octanol–water partition coefficient (Wildman–Crippen LogP) is 4.87. The zero-order chi connectivity index (χ0) is 26.6. The van der Waals surface area contributed by atoms with Crippen LogP contribution in [-0.4, -0.2) is 57.5 Å². The fraction of sp³-hybridized carbons (Fsp3) is 0.750. The fourth-order valence-corrected chi connectivity index (χ4v) is 5.70. The third kappa shape index (κ3) is 7.46. The van der Waals surface area contributed by atoms with E-state index in [1.165, 1.54) is 0 Å². The van der Waals surface area contributed by atoms with Crippen LogP contribution in [0.25, 0.3) is 6.08 Å². The molecule has 3 rings (SSSR count). The summed E-state index contributed by atoms with van der Waals surface area (Å²) in [4.78, 5) is 30.7. The molecule has 8 heteroatoms. The highest BCUT2D eigenvalue weighted by molar-refractivity contribution is 7.09. The maximum Gasteiger partial charge on any atom is 0.309 e. The number of nitrogens with zero attached hydrogens (tertiary/aromatic N) is 1. The fourth-order valence-electron chi connectivity index (χ4n) is 5.13. The van der Waals surface area contributed by atoms with Crippen LogP contribution in [0.15, 0.2) is 11.0 Å². The van der Waals surface area contributed by atoms with Gasteiger partial charge >= 0.3 is 5.97 Å². The van der Waals surface area contributed by atoms with E-state index in [9.17, 15) is 19.8 Å². The Balaban J connectivity index is 1.79. The zero-order valence-corrected chi connectivity index (χ0v) is 23.3. The van der Waals surface area contributed by atoms with Crippen molar-refractivity contribution in [3.8, 4) is 0 Å². The van der Waals surface area contributed by atoms with E-state index in [1.807, 2.05) is 32.2 Å². The molecule has 0 amide bonds. The number of thiazole rings is 1. The molecule has 0 unspecified atom stereocenters. The van der Waals surface area contributed by atoms with Crippen LogP contribution in [0.1, 0.15) is 90.3 Å². The van der Waals surface area contributed by atoms with Gasteiger partial charge in [-0.2, -0.15) is 0 Å². The van der Waals surface area contributed by atoms with Gasteiger partial charge in [0.2, 0.25) is 0 Å². The minimum Gasteiger partial charge on any atom is -0.458 e. The molecule has 202 valence electrons. The maximum atomic E-state index is 13.3. The number of carbonyl (C=O) groups excluding carboxylic acids is 2. The van der Waals surface area contributed by atoms with Crippen LogP contribution in [0.5, 0.6) is 0 Å². The number of cyclic esters (lactones) is 1. The van der Waals surface area contributed by atoms with E-state index in [0.29, 0.717) is 6.42 Å². The van der Waals surface area contributed by atoms with Crippen LogP contribution in [-0.2, 0) is 19.1 Å². The summed E-state index contributed by atoms with van der Waals surface area (Å²) >= 11 is 1.56. The van der Waals surface area contributed by atoms with Crippen molar-refractivity contribution in [1.29, 1.82) is 0 Å². The number of rotatable bonds is 2. The lowest BCUT2D eigenvalue weighted by molar-refractivity contribution is -0.154. The number of epoxide rings is 1. The number of hydrogen-bond donors (Lipinski definition) is 2. The van der Waals surface area contributed by atoms with Crippen molar-refractivity contribution in [3.05, 3.63) is 21.7 Å². The van der Waals surface area contributed by atoms with E-state index in [2.05, 4.69) is 4.98 Å². The van der Waals surface area contributed by atoms with Crippen LogP contribution >= 0.6 is 11.3 Å². The van der Waals surface area contributed by atoms with Crippen molar-refractivity contribution in [2.24, 2.45) is 17.3 Å². The van der Waals surface area contributed by atoms with Gasteiger partial charge in [-0.15, -0.1) is 11.3 Å². The predicted molar refractivity (Wildman–Crippen MR) is 140 cm³/mol. The number of aliphatic hydroxyl groups excluding tert-OH is 2. The summed E-state index contributed by atoms with van der Waals surface area (Å²) in [6, 6.07) is 0. The number of fused-ring (bicyclic) bond motifs is 1. The smallest absolute Gasteiger partial charge is 0.309 e. The number of aliphatic hydroxyl groups is 2. The molecule has 2 N–H and O–H groups in total. The molecule has 7 nitrogen and oxygen atoms in total. The largest absolute Gasteiger partial charge is 0.458 e. The van der Waals surface area contributed by atoms with E-state index >= 15 is 0 Å². The SMILES string of the molecule is C/C(=C\c1csc(C)n1)[C@@H]1C[C@@H]2O[C@@H]2CCCCC[C@H](C)[C@H](O)[C@@H](C)C(=O)C(C)(C)[C@@H](O)CC(=O)O1. The van der Waals surface area contributed by atoms with E-state index in [4.69, 9.17) is 9.47 Å². The molecule has 1 aromatic heterocycles. The monoisotopic (exact) mass is 521 g/mol. The highest BCUT2D eigenvalue weighted by atomic mass is 32.1. The van der Waals surface area contributed by atoms with E-state index in [1.54, 1.807) is 32.1 Å². The molecule has 0 aliphatic carbocycles. The molecule has 2 fully saturated rings. The second-order valence-electron chi connectivity index (χ2n) is 11.3. The lowest BCUT2D eigenvalue weighted by atomic mass is 9.73. The van der Waals surface area contributed by atoms with Crippen LogP contribution in [0.2, 0.25) is 0 Å². The molecule has 7 atom stereocenters. The Hall–Kier alpha value is -1.61. The quantitative estimate of drug-likeness (QED) is 0.422. The van der Waals surface area contributed by atoms with Crippen LogP contribution in [0.3, 0.4) is 0 Å². The van der Waals surface area contributed by atoms with Gasteiger partial charge in [0.1, 0.15) is 11.9 Å². The standard InChI is InChI=1S/C28H43NO6S/c1-16-10-8-7-9-11-21-23(34-21)13-22(17(2)12-20-15-36-19(4)29-20)35-25(31)14-24(30)28(5,6)27(33)18(3)26(16)32/h12,15-16,18,21-24,26,30,32H,7-11,13-14H2,1-6H3/b17-12+/t16-,18+,21+,22-,23-,24-,26-/m0/s1. The van der Waals surface area contributed by atoms with Crippen LogP contribution in [0.4, 0.5) is 0 Å². The highest BCUT2D eigenvalue weighted by Crippen LogP contribution is 2.35. The summed E-state index contributed by atoms with van der Waals surface area (Å²) < 4.78 is 11.8. The zero-order valence-electron chi connectivity index (χ0n) is 22.5. The van der Waals surface area contributed by atoms with Gasteiger partial charge in [0, 0.05) is 17.7 Å². The summed E-state index contributed by atoms with van der Waals surface area (Å²) in [5.41, 5.74) is 0.494. The van der Waals surface area contributed by atoms with Crippen molar-refractivity contribution in [2.45, 2.75) is 117 Å². The number of aryl methyl sites for hydroxylation is 1. The Kier molecular flexibility index (Phi) is 9.88. The lowest BCUT2D eigenvalue weighted by Gasteiger charge is -2.34. The molecule has 0 saturated carbocycles. The van der Waals surface area contributed by atoms with Gasteiger partial charge in [-0.05, 0) is 44.3 Å². The summed E-state index contributed by atoms with van der Waals surface area (Å²) in [6.07, 6.45) is 4.73. The molecule has 2 saturated heterocycles. The van der Waals surface area contributed by atoms with Gasteiger partial charge in [0.25, 0.3) is 0 Å². The highest BCUT2D eigenvalue weighted by Gasteiger charge is 2.44. The minimum atomic E-state index is -1.22. The second kappa shape index (κ2) is 12.3. The van der Waals surface area contributed by atoms with E-state index in [-0.39, 0.29) is 30.3 Å². The molecule has 2 aliphatic rings. The normalized spacial score (nSPS) is 35.3. The number of aromatic nitrogens is 1. The van der Waals surface area contributed by atoms with Crippen molar-refractivity contribution >= 4 is 29.2 Å². The first-order valence-corrected chi connectivity index (χ1v) is 14.1. The summed E-state index contributed by atoms with van der Waals surface area (Å²) in [7, 11) is 0. The van der Waals surface area contributed by atoms with Crippen LogP contribution in [0, 0.1) is 24.2 Å². The van der Waals surface area contributed by atoms with E-state index < -0.39 is 35.6 Å². The molecule has 0 bridgehead atoms. The third-order valence-electron chi connectivity index (χ3n) is 7.91. The van der Waals surface area contributed by atoms with Gasteiger partial charge in [0.05, 0.1) is 47.0 Å². The molecule has 0 aromatic carbocycles. The number of Topliss-reactive ketones (excluding diaryl/α,β-unsaturated/α-hetero) is 1. The van der Waals surface area contributed by atoms with Gasteiger partial charge < -0.3 is 19.7 Å². The Morgan fingerprint density at radius 3 is 2.50 bits per heavy atom. The third-order valence-corrected chi connectivity index (χ3v) is 8.70. The van der Waals surface area contributed by atoms with Crippen molar-refractivity contribution in [3.63, 3.8) is 0 Å². The first kappa shape index (κ1) is 29.0. The Bertz CT molecular complexity index is 940. The average molecular weight is 522 g/mol. The molecule has 0 radical (unpaired) electrons. The first-order valence-electron chi connectivity index (χ1n) is 13.3. The summed E-state index contributed by atoms with van der Waals surface area (Å²) in [5.74, 6) is -1.47. The molecule has 2 aliphatic heterocycles. The Morgan fingerprint density at radius 2 is 1.83 bits per heavy atom. The molecule has 1 aromatic rings. The number of hydrogen-bond acceptors (Lipinski definition) is 8. The van der Waals surface area contributed by atoms with Crippen molar-refractivity contribution in [1.82, 2.24) is 4.98 Å². The number of carbonyl (C=O) groups is 2. The van der Waals surface area contributed by atoms with Crippen LogP contribution < -0.4 is 0 Å². The van der Waals surface area contributed by atoms with Crippen molar-refractivity contribution in [2.75, 3.05) is 0 Å². The number of ether oxygens (including phenoxy) is 2. The topological polar surface area (TPSA) is 109 Å². The first-order chi connectivity index (χ1) is 16.9. The second-order valence-corrected chi connectivity index (χ2v) is 12.4. The Labute approximate surface area is 219 Å². The molecule has 0 spiro atoms. The molecular weight excluding hydrogens is 478 g/mol. The minimum absolute atomic E-state index is 0.0253. The molecule has 36 heavy (non-hydrogen) atoms. The van der Waals surface area contributed by atoms with Gasteiger partial charge in [-0.1, -0.05) is 47.0 Å². The van der Waals surface area contributed by atoms with Gasteiger partial charge in [-0.3, -0.25) is 9.59 Å². The summed E-state index contributed by atoms with van der Waals surface area (Å²) in [5, 5.41) is 24.7. The average Bonchev–Trinajstić information content (AvgIpc) is 3.43. The molecule has 3 heterocycles. The maximum absolute atomic E-state index is 13.3. The van der Waals surface area contributed by atoms with E-state index in [0.717, 1.165) is 48.4 Å². The molecular formula is C28H43NO6S.